The Labute approximate surface area is 153 Å². The molecule has 0 unspecified atom stereocenters. The highest BCUT2D eigenvalue weighted by Crippen LogP contribution is 2.49. The molecule has 126 valence electrons. The van der Waals surface area contributed by atoms with Gasteiger partial charge in [0.25, 0.3) is 0 Å². The molecule has 2 aliphatic rings. The van der Waals surface area contributed by atoms with E-state index in [0.29, 0.717) is 5.92 Å². The number of nitrogens with zero attached hydrogens (tertiary/aromatic N) is 1. The van der Waals surface area contributed by atoms with Crippen molar-refractivity contribution in [2.24, 2.45) is 0 Å². The fourth-order valence-electron chi connectivity index (χ4n) is 3.34. The summed E-state index contributed by atoms with van der Waals surface area (Å²) in [6, 6.07) is 13.7. The fraction of sp³-hybridized carbons (Fsp3) is 0.300. The Morgan fingerprint density at radius 1 is 1.20 bits per heavy atom. The van der Waals surface area contributed by atoms with Crippen molar-refractivity contribution in [1.82, 2.24) is 4.98 Å². The Morgan fingerprint density at radius 3 is 2.76 bits per heavy atom. The van der Waals surface area contributed by atoms with Crippen LogP contribution in [0, 0.1) is 0 Å². The highest BCUT2D eigenvalue weighted by atomic mass is 79.9. The van der Waals surface area contributed by atoms with Crippen LogP contribution in [0.5, 0.6) is 0 Å². The summed E-state index contributed by atoms with van der Waals surface area (Å²) in [7, 11) is 0. The lowest BCUT2D eigenvalue weighted by atomic mass is 9.95. The van der Waals surface area contributed by atoms with Crippen LogP contribution < -0.4 is 5.32 Å². The van der Waals surface area contributed by atoms with Gasteiger partial charge in [-0.1, -0.05) is 28.1 Å². The maximum atomic E-state index is 12.9. The molecule has 0 radical (unpaired) electrons. The van der Waals surface area contributed by atoms with Gasteiger partial charge in [-0.2, -0.15) is 0 Å². The van der Waals surface area contributed by atoms with Gasteiger partial charge < -0.3 is 9.73 Å². The highest BCUT2D eigenvalue weighted by molar-refractivity contribution is 9.10. The molecule has 2 aromatic carbocycles. The van der Waals surface area contributed by atoms with Crippen molar-refractivity contribution in [2.75, 3.05) is 5.32 Å². The second kappa shape index (κ2) is 5.43. The Kier molecular flexibility index (Phi) is 3.29. The Hall–Kier alpha value is -2.14. The summed E-state index contributed by atoms with van der Waals surface area (Å²) >= 11 is 3.49. The first kappa shape index (κ1) is 15.1. The SMILES string of the molecule is O=C(Nc1ccc2oc(C3CC3)nc2c1)C1(c2cccc(Br)c2)CC1. The zero-order chi connectivity index (χ0) is 17.0. The summed E-state index contributed by atoms with van der Waals surface area (Å²) in [5, 5.41) is 3.07. The summed E-state index contributed by atoms with van der Waals surface area (Å²) < 4.78 is 6.79. The number of fused-ring (bicyclic) bond motifs is 1. The molecule has 0 aliphatic heterocycles. The number of carbonyl (C=O) groups is 1. The van der Waals surface area contributed by atoms with E-state index in [2.05, 4.69) is 26.2 Å². The molecule has 0 bridgehead atoms. The molecule has 0 spiro atoms. The number of hydrogen-bond acceptors (Lipinski definition) is 3. The number of oxazole rings is 1. The number of aromatic nitrogens is 1. The molecule has 1 N–H and O–H groups in total. The largest absolute Gasteiger partial charge is 0.440 e. The van der Waals surface area contributed by atoms with Gasteiger partial charge in [0, 0.05) is 16.1 Å². The van der Waals surface area contributed by atoms with Crippen molar-refractivity contribution in [3.05, 3.63) is 58.4 Å². The van der Waals surface area contributed by atoms with E-state index in [-0.39, 0.29) is 5.91 Å². The highest BCUT2D eigenvalue weighted by Gasteiger charge is 2.51. The van der Waals surface area contributed by atoms with E-state index in [0.717, 1.165) is 58.4 Å². The van der Waals surface area contributed by atoms with Crippen LogP contribution in [-0.4, -0.2) is 10.9 Å². The topological polar surface area (TPSA) is 55.1 Å². The molecule has 1 aromatic heterocycles. The first-order valence-electron chi connectivity index (χ1n) is 8.62. The number of benzene rings is 2. The van der Waals surface area contributed by atoms with Gasteiger partial charge in [0.2, 0.25) is 5.91 Å². The standard InChI is InChI=1S/C20H17BrN2O2/c21-14-3-1-2-13(10-14)20(8-9-20)19(24)22-15-6-7-17-16(11-15)23-18(25-17)12-4-5-12/h1-3,6-7,10-12H,4-5,8-9H2,(H,22,24). The van der Waals surface area contributed by atoms with Crippen molar-refractivity contribution in [1.29, 1.82) is 0 Å². The van der Waals surface area contributed by atoms with Gasteiger partial charge in [0.15, 0.2) is 11.5 Å². The van der Waals surface area contributed by atoms with E-state index in [1.54, 1.807) is 0 Å². The molecule has 3 aromatic rings. The molecule has 0 saturated heterocycles. The van der Waals surface area contributed by atoms with Crippen molar-refractivity contribution in [2.45, 2.75) is 37.0 Å². The smallest absolute Gasteiger partial charge is 0.235 e. The number of nitrogens with one attached hydrogen (secondary N) is 1. The van der Waals surface area contributed by atoms with Gasteiger partial charge in [0.05, 0.1) is 5.41 Å². The molecule has 0 atom stereocenters. The van der Waals surface area contributed by atoms with Crippen LogP contribution in [0.1, 0.15) is 43.1 Å². The van der Waals surface area contributed by atoms with Crippen LogP contribution in [0.2, 0.25) is 0 Å². The number of anilines is 1. The van der Waals surface area contributed by atoms with Gasteiger partial charge in [-0.25, -0.2) is 4.98 Å². The van der Waals surface area contributed by atoms with Gasteiger partial charge in [-0.3, -0.25) is 4.79 Å². The predicted octanol–water partition coefficient (Wildman–Crippen LogP) is 5.14. The predicted molar refractivity (Wildman–Crippen MR) is 99.7 cm³/mol. The minimum absolute atomic E-state index is 0.0517. The average molecular weight is 397 g/mol. The molecular weight excluding hydrogens is 380 g/mol. The number of halogens is 1. The van der Waals surface area contributed by atoms with Crippen LogP contribution >= 0.6 is 15.9 Å². The van der Waals surface area contributed by atoms with Crippen molar-refractivity contribution >= 4 is 38.6 Å². The molecule has 2 saturated carbocycles. The quantitative estimate of drug-likeness (QED) is 0.664. The molecule has 1 heterocycles. The minimum atomic E-state index is -0.401. The Morgan fingerprint density at radius 2 is 2.04 bits per heavy atom. The lowest BCUT2D eigenvalue weighted by molar-refractivity contribution is -0.118. The van der Waals surface area contributed by atoms with Gasteiger partial charge >= 0.3 is 0 Å². The average Bonchev–Trinajstić information content (AvgIpc) is 3.51. The molecular formula is C20H17BrN2O2. The van der Waals surface area contributed by atoms with Crippen LogP contribution in [0.25, 0.3) is 11.1 Å². The second-order valence-electron chi connectivity index (χ2n) is 7.06. The molecule has 25 heavy (non-hydrogen) atoms. The molecule has 2 aliphatic carbocycles. The minimum Gasteiger partial charge on any atom is -0.440 e. The zero-order valence-corrected chi connectivity index (χ0v) is 15.2. The van der Waals surface area contributed by atoms with Crippen molar-refractivity contribution in [3.63, 3.8) is 0 Å². The van der Waals surface area contributed by atoms with Crippen LogP contribution in [0.15, 0.2) is 51.4 Å². The Balaban J connectivity index is 1.41. The van der Waals surface area contributed by atoms with E-state index in [1.807, 2.05) is 42.5 Å². The van der Waals surface area contributed by atoms with Crippen molar-refractivity contribution < 1.29 is 9.21 Å². The van der Waals surface area contributed by atoms with Gasteiger partial charge in [0.1, 0.15) is 5.52 Å². The third kappa shape index (κ3) is 2.67. The van der Waals surface area contributed by atoms with E-state index < -0.39 is 5.41 Å². The maximum absolute atomic E-state index is 12.9. The van der Waals surface area contributed by atoms with Crippen LogP contribution in [0.4, 0.5) is 5.69 Å². The number of amides is 1. The van der Waals surface area contributed by atoms with E-state index >= 15 is 0 Å². The summed E-state index contributed by atoms with van der Waals surface area (Å²) in [4.78, 5) is 17.5. The molecule has 4 nitrogen and oxygen atoms in total. The lowest BCUT2D eigenvalue weighted by Crippen LogP contribution is -2.27. The van der Waals surface area contributed by atoms with E-state index in [9.17, 15) is 4.79 Å². The zero-order valence-electron chi connectivity index (χ0n) is 13.6. The lowest BCUT2D eigenvalue weighted by Gasteiger charge is -2.16. The summed E-state index contributed by atoms with van der Waals surface area (Å²) in [5.41, 5.74) is 3.04. The fourth-order valence-corrected chi connectivity index (χ4v) is 3.74. The Bertz CT molecular complexity index is 986. The number of hydrogen-bond donors (Lipinski definition) is 1. The summed E-state index contributed by atoms with van der Waals surface area (Å²) in [5.74, 6) is 1.36. The molecule has 2 fully saturated rings. The van der Waals surface area contributed by atoms with Crippen molar-refractivity contribution in [3.8, 4) is 0 Å². The number of carbonyl (C=O) groups excluding carboxylic acids is 1. The number of rotatable bonds is 4. The van der Waals surface area contributed by atoms with Crippen LogP contribution in [0.3, 0.4) is 0 Å². The monoisotopic (exact) mass is 396 g/mol. The first-order chi connectivity index (χ1) is 12.1. The normalized spacial score (nSPS) is 18.3. The first-order valence-corrected chi connectivity index (χ1v) is 9.41. The summed E-state index contributed by atoms with van der Waals surface area (Å²) in [6.45, 7) is 0. The van der Waals surface area contributed by atoms with Gasteiger partial charge in [-0.05, 0) is 61.6 Å². The molecule has 5 rings (SSSR count). The van der Waals surface area contributed by atoms with Crippen LogP contribution in [-0.2, 0) is 10.2 Å². The molecule has 5 heteroatoms. The molecule has 1 amide bonds. The van der Waals surface area contributed by atoms with Gasteiger partial charge in [-0.15, -0.1) is 0 Å². The van der Waals surface area contributed by atoms with E-state index in [4.69, 9.17) is 4.42 Å². The van der Waals surface area contributed by atoms with E-state index in [1.165, 1.54) is 0 Å². The summed E-state index contributed by atoms with van der Waals surface area (Å²) in [6.07, 6.45) is 4.08. The maximum Gasteiger partial charge on any atom is 0.235 e. The second-order valence-corrected chi connectivity index (χ2v) is 7.97. The third-order valence-electron chi connectivity index (χ3n) is 5.15. The third-order valence-corrected chi connectivity index (χ3v) is 5.64.